The van der Waals surface area contributed by atoms with Crippen LogP contribution >= 0.6 is 0 Å². The van der Waals surface area contributed by atoms with Gasteiger partial charge in [-0.3, -0.25) is 10.1 Å². The summed E-state index contributed by atoms with van der Waals surface area (Å²) in [5.41, 5.74) is 6.45. The number of hydrogen-bond donors (Lipinski definition) is 4. The summed E-state index contributed by atoms with van der Waals surface area (Å²) in [6, 6.07) is 9.56. The second kappa shape index (κ2) is 8.78. The molecule has 0 saturated heterocycles. The molecule has 0 saturated carbocycles. The van der Waals surface area contributed by atoms with Crippen LogP contribution in [-0.2, 0) is 6.54 Å². The minimum absolute atomic E-state index is 0.113. The van der Waals surface area contributed by atoms with Gasteiger partial charge < -0.3 is 21.3 Å². The fourth-order valence-electron chi connectivity index (χ4n) is 2.28. The fourth-order valence-corrected chi connectivity index (χ4v) is 2.28. The van der Waals surface area contributed by atoms with Gasteiger partial charge in [-0.1, -0.05) is 30.3 Å². The second-order valence-electron chi connectivity index (χ2n) is 5.96. The van der Waals surface area contributed by atoms with Gasteiger partial charge in [0.25, 0.3) is 0 Å². The molecule has 5 N–H and O–H groups in total. The highest BCUT2D eigenvalue weighted by atomic mass is 16.6. The minimum Gasteiger partial charge on any atom is -0.378 e. The Morgan fingerprint density at radius 3 is 2.56 bits per heavy atom. The molecule has 0 spiro atoms. The number of quaternary nitrogens is 1. The molecule has 1 heterocycles. The van der Waals surface area contributed by atoms with Gasteiger partial charge in [0.1, 0.15) is 0 Å². The average Bonchev–Trinajstić information content (AvgIpc) is 2.57. The molecule has 2 rings (SSSR count). The third-order valence-electron chi connectivity index (χ3n) is 3.53. The third kappa shape index (κ3) is 5.57. The van der Waals surface area contributed by atoms with E-state index in [1.807, 2.05) is 30.3 Å². The summed E-state index contributed by atoms with van der Waals surface area (Å²) >= 11 is 0. The van der Waals surface area contributed by atoms with Crippen molar-refractivity contribution >= 4 is 23.3 Å². The molecule has 0 aliphatic carbocycles. The first-order valence-electron chi connectivity index (χ1n) is 8.10. The molecule has 2 aromatic rings. The predicted octanol–water partition coefficient (Wildman–Crippen LogP) is 0.526. The molecular formula is C16H24N7O2+. The van der Waals surface area contributed by atoms with Crippen LogP contribution in [0.5, 0.6) is 0 Å². The van der Waals surface area contributed by atoms with Gasteiger partial charge in [-0.2, -0.15) is 9.97 Å². The van der Waals surface area contributed by atoms with Crippen LogP contribution in [0.25, 0.3) is 0 Å². The number of nitrogens with one attached hydrogen (secondary N) is 3. The molecule has 0 radical (unpaired) electrons. The highest BCUT2D eigenvalue weighted by Gasteiger charge is 2.22. The van der Waals surface area contributed by atoms with Gasteiger partial charge in [0, 0.05) is 19.5 Å². The lowest BCUT2D eigenvalue weighted by atomic mass is 10.2. The average molecular weight is 346 g/mol. The molecular weight excluding hydrogens is 322 g/mol. The van der Waals surface area contributed by atoms with Crippen LogP contribution in [0.3, 0.4) is 0 Å². The van der Waals surface area contributed by atoms with Crippen LogP contribution < -0.4 is 21.3 Å². The predicted molar refractivity (Wildman–Crippen MR) is 97.7 cm³/mol. The van der Waals surface area contributed by atoms with Gasteiger partial charge in [-0.25, -0.2) is 0 Å². The van der Waals surface area contributed by atoms with Crippen molar-refractivity contribution in [1.82, 2.24) is 9.97 Å². The number of nitrogen functional groups attached to an aromatic ring is 1. The highest BCUT2D eigenvalue weighted by molar-refractivity contribution is 5.69. The second-order valence-corrected chi connectivity index (χ2v) is 5.96. The van der Waals surface area contributed by atoms with Crippen LogP contribution in [0.1, 0.15) is 12.0 Å². The van der Waals surface area contributed by atoms with Crippen molar-refractivity contribution in [3.63, 3.8) is 0 Å². The summed E-state index contributed by atoms with van der Waals surface area (Å²) in [5.74, 6) is 0.241. The number of benzene rings is 1. The number of nitrogens with zero attached hydrogens (tertiary/aromatic N) is 3. The molecule has 0 fully saturated rings. The molecule has 0 atom stereocenters. The van der Waals surface area contributed by atoms with Crippen LogP contribution in [-0.4, -0.2) is 42.1 Å². The van der Waals surface area contributed by atoms with Crippen LogP contribution in [0, 0.1) is 10.1 Å². The SMILES string of the molecule is C[NH+](C)CCCNc1nc(N)c([N+](=O)[O-])c(NCc2ccccc2)n1. The summed E-state index contributed by atoms with van der Waals surface area (Å²) in [4.78, 5) is 20.3. The van der Waals surface area contributed by atoms with Crippen LogP contribution in [0.15, 0.2) is 30.3 Å². The number of nitro groups is 1. The van der Waals surface area contributed by atoms with E-state index in [4.69, 9.17) is 5.73 Å². The summed E-state index contributed by atoms with van der Waals surface area (Å²) in [7, 11) is 4.15. The molecule has 0 unspecified atom stereocenters. The Kier molecular flexibility index (Phi) is 6.47. The number of hydrogen-bond acceptors (Lipinski definition) is 7. The lowest BCUT2D eigenvalue weighted by molar-refractivity contribution is -0.858. The zero-order chi connectivity index (χ0) is 18.2. The standard InChI is InChI=1S/C16H23N7O2/c1-22(2)10-6-9-18-16-20-14(17)13(23(24)25)15(21-16)19-11-12-7-4-3-5-8-12/h3-5,7-8H,6,9-11H2,1-2H3,(H4,17,18,19,20,21)/p+1. The molecule has 0 aliphatic heterocycles. The number of anilines is 3. The molecule has 0 aliphatic rings. The zero-order valence-electron chi connectivity index (χ0n) is 14.5. The van der Waals surface area contributed by atoms with Crippen molar-refractivity contribution < 1.29 is 9.82 Å². The Balaban J connectivity index is 2.12. The van der Waals surface area contributed by atoms with Crippen molar-refractivity contribution in [2.24, 2.45) is 0 Å². The molecule has 1 aromatic carbocycles. The summed E-state index contributed by atoms with van der Waals surface area (Å²) in [5, 5.41) is 17.3. The third-order valence-corrected chi connectivity index (χ3v) is 3.53. The van der Waals surface area contributed by atoms with E-state index in [1.165, 1.54) is 4.90 Å². The van der Waals surface area contributed by atoms with E-state index in [1.54, 1.807) is 0 Å². The molecule has 25 heavy (non-hydrogen) atoms. The topological polar surface area (TPSA) is 123 Å². The fraction of sp³-hybridized carbons (Fsp3) is 0.375. The maximum atomic E-state index is 11.3. The normalized spacial score (nSPS) is 10.7. The van der Waals surface area contributed by atoms with Gasteiger partial charge in [-0.05, 0) is 5.56 Å². The molecule has 134 valence electrons. The van der Waals surface area contributed by atoms with Crippen LogP contribution in [0.4, 0.5) is 23.3 Å². The minimum atomic E-state index is -0.568. The van der Waals surface area contributed by atoms with Crippen molar-refractivity contribution in [2.75, 3.05) is 43.6 Å². The Bertz CT molecular complexity index is 707. The van der Waals surface area contributed by atoms with Crippen LogP contribution in [0.2, 0.25) is 0 Å². The first-order chi connectivity index (χ1) is 12.0. The summed E-state index contributed by atoms with van der Waals surface area (Å²) in [6.45, 7) is 2.07. The Labute approximate surface area is 146 Å². The molecule has 1 aromatic heterocycles. The first kappa shape index (κ1) is 18.4. The monoisotopic (exact) mass is 346 g/mol. The molecule has 0 bridgehead atoms. The lowest BCUT2D eigenvalue weighted by Gasteiger charge is -2.11. The van der Waals surface area contributed by atoms with E-state index in [9.17, 15) is 10.1 Å². The quantitative estimate of drug-likeness (QED) is 0.296. The molecule has 0 amide bonds. The van der Waals surface area contributed by atoms with Gasteiger partial charge in [0.05, 0.1) is 25.6 Å². The maximum absolute atomic E-state index is 11.3. The largest absolute Gasteiger partial charge is 0.378 e. The van der Waals surface area contributed by atoms with Gasteiger partial charge in [0.2, 0.25) is 17.6 Å². The van der Waals surface area contributed by atoms with Gasteiger partial charge in [-0.15, -0.1) is 0 Å². The van der Waals surface area contributed by atoms with Gasteiger partial charge >= 0.3 is 5.69 Å². The number of aromatic nitrogens is 2. The number of nitrogens with two attached hydrogens (primary N) is 1. The maximum Gasteiger partial charge on any atom is 0.353 e. The zero-order valence-corrected chi connectivity index (χ0v) is 14.5. The summed E-state index contributed by atoms with van der Waals surface area (Å²) < 4.78 is 0. The van der Waals surface area contributed by atoms with E-state index in [0.717, 1.165) is 18.5 Å². The van der Waals surface area contributed by atoms with Crippen molar-refractivity contribution in [3.8, 4) is 0 Å². The van der Waals surface area contributed by atoms with E-state index in [0.29, 0.717) is 13.1 Å². The highest BCUT2D eigenvalue weighted by Crippen LogP contribution is 2.29. The first-order valence-corrected chi connectivity index (χ1v) is 8.10. The smallest absolute Gasteiger partial charge is 0.353 e. The Hall–Kier alpha value is -2.94. The molecule has 9 nitrogen and oxygen atoms in total. The van der Waals surface area contributed by atoms with Crippen molar-refractivity contribution in [3.05, 3.63) is 46.0 Å². The molecule has 9 heteroatoms. The van der Waals surface area contributed by atoms with E-state index in [-0.39, 0.29) is 23.3 Å². The number of rotatable bonds is 9. The lowest BCUT2D eigenvalue weighted by Crippen LogP contribution is -3.05. The Morgan fingerprint density at radius 1 is 1.20 bits per heavy atom. The van der Waals surface area contributed by atoms with Crippen molar-refractivity contribution in [2.45, 2.75) is 13.0 Å². The van der Waals surface area contributed by atoms with E-state index in [2.05, 4.69) is 34.7 Å². The van der Waals surface area contributed by atoms with Gasteiger partial charge in [0.15, 0.2) is 0 Å². The van der Waals surface area contributed by atoms with E-state index < -0.39 is 4.92 Å². The summed E-state index contributed by atoms with van der Waals surface area (Å²) in [6.07, 6.45) is 0.926. The van der Waals surface area contributed by atoms with E-state index >= 15 is 0 Å². The van der Waals surface area contributed by atoms with Crippen molar-refractivity contribution in [1.29, 1.82) is 0 Å². The Morgan fingerprint density at radius 2 is 1.92 bits per heavy atom.